The maximum absolute atomic E-state index is 12.4. The molecule has 0 heterocycles. The Balaban J connectivity index is 2.05. The molecule has 7 nitrogen and oxygen atoms in total. The molecule has 0 unspecified atom stereocenters. The van der Waals surface area contributed by atoms with Crippen molar-refractivity contribution in [2.75, 3.05) is 27.9 Å². The summed E-state index contributed by atoms with van der Waals surface area (Å²) < 4.78 is 15.9. The summed E-state index contributed by atoms with van der Waals surface area (Å²) in [7, 11) is 4.74. The van der Waals surface area contributed by atoms with Crippen molar-refractivity contribution in [1.29, 1.82) is 0 Å². The largest absolute Gasteiger partial charge is 0.497 e. The lowest BCUT2D eigenvalue weighted by molar-refractivity contribution is -0.132. The van der Waals surface area contributed by atoms with Gasteiger partial charge in [0.2, 0.25) is 0 Å². The average molecular weight is 358 g/mol. The lowest BCUT2D eigenvalue weighted by atomic mass is 10.2. The molecular formula is C19H22N2O5. The fourth-order valence-electron chi connectivity index (χ4n) is 2.38. The molecule has 26 heavy (non-hydrogen) atoms. The second kappa shape index (κ2) is 8.75. The number of benzene rings is 2. The number of para-hydroxylation sites is 1. The number of ether oxygens (including phenoxy) is 3. The molecule has 2 amide bonds. The monoisotopic (exact) mass is 358 g/mol. The summed E-state index contributed by atoms with van der Waals surface area (Å²) in [5.41, 5.74) is 6.40. The van der Waals surface area contributed by atoms with Crippen LogP contribution in [0.4, 0.5) is 0 Å². The van der Waals surface area contributed by atoms with Crippen LogP contribution in [0, 0.1) is 0 Å². The van der Waals surface area contributed by atoms with E-state index in [9.17, 15) is 9.59 Å². The highest BCUT2D eigenvalue weighted by Gasteiger charge is 2.16. The third kappa shape index (κ3) is 4.66. The molecule has 0 bridgehead atoms. The predicted molar refractivity (Wildman–Crippen MR) is 96.5 cm³/mol. The zero-order valence-corrected chi connectivity index (χ0v) is 15.0. The number of methoxy groups -OCH3 is 2. The highest BCUT2D eigenvalue weighted by molar-refractivity contribution is 5.96. The highest BCUT2D eigenvalue weighted by atomic mass is 16.5. The van der Waals surface area contributed by atoms with E-state index >= 15 is 0 Å². The maximum atomic E-state index is 12.4. The first-order valence-electron chi connectivity index (χ1n) is 7.92. The van der Waals surface area contributed by atoms with Crippen LogP contribution in [-0.2, 0) is 11.3 Å². The van der Waals surface area contributed by atoms with Crippen LogP contribution >= 0.6 is 0 Å². The summed E-state index contributed by atoms with van der Waals surface area (Å²) in [6, 6.07) is 12.1. The first-order chi connectivity index (χ1) is 12.5. The van der Waals surface area contributed by atoms with E-state index in [-0.39, 0.29) is 23.8 Å². The second-order valence-electron chi connectivity index (χ2n) is 5.58. The number of rotatable bonds is 8. The zero-order chi connectivity index (χ0) is 19.1. The van der Waals surface area contributed by atoms with Crippen LogP contribution < -0.4 is 19.9 Å². The highest BCUT2D eigenvalue weighted by Crippen LogP contribution is 2.25. The Morgan fingerprint density at radius 2 is 1.77 bits per heavy atom. The first kappa shape index (κ1) is 19.1. The molecule has 0 fully saturated rings. The minimum atomic E-state index is -0.641. The van der Waals surface area contributed by atoms with Crippen LogP contribution in [0.5, 0.6) is 17.2 Å². The van der Waals surface area contributed by atoms with Crippen LogP contribution in [0.25, 0.3) is 0 Å². The summed E-state index contributed by atoms with van der Waals surface area (Å²) in [6.45, 7) is 0.131. The Hall–Kier alpha value is -3.22. The van der Waals surface area contributed by atoms with Gasteiger partial charge in [-0.15, -0.1) is 0 Å². The molecule has 0 aliphatic carbocycles. The van der Waals surface area contributed by atoms with Gasteiger partial charge >= 0.3 is 0 Å². The normalized spacial score (nSPS) is 10.1. The lowest BCUT2D eigenvalue weighted by Gasteiger charge is -2.19. The molecule has 2 rings (SSSR count). The fraction of sp³-hybridized carbons (Fsp3) is 0.263. The Bertz CT molecular complexity index is 791. The summed E-state index contributed by atoms with van der Waals surface area (Å²) in [6.07, 6.45) is 0. The second-order valence-corrected chi connectivity index (χ2v) is 5.58. The van der Waals surface area contributed by atoms with Crippen LogP contribution in [0.3, 0.4) is 0 Å². The predicted octanol–water partition coefficient (Wildman–Crippen LogP) is 1.84. The number of hydrogen-bond acceptors (Lipinski definition) is 5. The van der Waals surface area contributed by atoms with Gasteiger partial charge in [0.1, 0.15) is 17.2 Å². The average Bonchev–Trinajstić information content (AvgIpc) is 2.65. The smallest absolute Gasteiger partial charge is 0.260 e. The number of likely N-dealkylation sites (N-methyl/N-ethyl adjacent to an activating group) is 1. The molecule has 138 valence electrons. The van der Waals surface area contributed by atoms with Crippen molar-refractivity contribution in [3.63, 3.8) is 0 Å². The number of nitrogens with zero attached hydrogens (tertiary/aromatic N) is 1. The van der Waals surface area contributed by atoms with Crippen molar-refractivity contribution in [3.8, 4) is 17.2 Å². The maximum Gasteiger partial charge on any atom is 0.260 e. The molecule has 0 spiro atoms. The van der Waals surface area contributed by atoms with Gasteiger partial charge in [0.15, 0.2) is 6.61 Å². The van der Waals surface area contributed by atoms with Crippen molar-refractivity contribution in [2.24, 2.45) is 5.73 Å². The zero-order valence-electron chi connectivity index (χ0n) is 15.0. The Morgan fingerprint density at radius 3 is 2.42 bits per heavy atom. The van der Waals surface area contributed by atoms with Crippen LogP contribution in [-0.4, -0.2) is 44.6 Å². The third-order valence-corrected chi connectivity index (χ3v) is 3.83. The van der Waals surface area contributed by atoms with E-state index in [1.54, 1.807) is 20.2 Å². The van der Waals surface area contributed by atoms with Gasteiger partial charge in [-0.25, -0.2) is 0 Å². The van der Waals surface area contributed by atoms with E-state index < -0.39 is 5.91 Å². The fourth-order valence-corrected chi connectivity index (χ4v) is 2.38. The molecule has 7 heteroatoms. The van der Waals surface area contributed by atoms with Gasteiger partial charge in [0.05, 0.1) is 19.8 Å². The van der Waals surface area contributed by atoms with E-state index in [4.69, 9.17) is 19.9 Å². The molecule has 0 saturated heterocycles. The summed E-state index contributed by atoms with van der Waals surface area (Å²) in [5, 5.41) is 0. The number of primary amides is 1. The van der Waals surface area contributed by atoms with E-state index in [0.717, 1.165) is 5.56 Å². The van der Waals surface area contributed by atoms with Crippen LogP contribution in [0.2, 0.25) is 0 Å². The number of amides is 2. The molecule has 0 saturated carbocycles. The standard InChI is InChI=1S/C19H22N2O5/c1-21(11-13-6-4-5-7-16(13)25-3)18(22)12-26-17-10-14(24-2)8-9-15(17)19(20)23/h4-10H,11-12H2,1-3H3,(H2,20,23). The summed E-state index contributed by atoms with van der Waals surface area (Å²) in [4.78, 5) is 25.4. The molecular weight excluding hydrogens is 336 g/mol. The minimum Gasteiger partial charge on any atom is -0.497 e. The van der Waals surface area contributed by atoms with Crippen molar-refractivity contribution >= 4 is 11.8 Å². The van der Waals surface area contributed by atoms with Crippen molar-refractivity contribution in [3.05, 3.63) is 53.6 Å². The molecule has 0 aliphatic heterocycles. The van der Waals surface area contributed by atoms with E-state index in [2.05, 4.69) is 0 Å². The molecule has 2 N–H and O–H groups in total. The number of carbonyl (C=O) groups is 2. The molecule has 2 aromatic carbocycles. The molecule has 2 aromatic rings. The number of nitrogens with two attached hydrogens (primary N) is 1. The van der Waals surface area contributed by atoms with Gasteiger partial charge in [-0.05, 0) is 18.2 Å². The van der Waals surface area contributed by atoms with E-state index in [1.165, 1.54) is 24.1 Å². The van der Waals surface area contributed by atoms with Gasteiger partial charge in [0.25, 0.3) is 11.8 Å². The summed E-state index contributed by atoms with van der Waals surface area (Å²) >= 11 is 0. The first-order valence-corrected chi connectivity index (χ1v) is 7.92. The van der Waals surface area contributed by atoms with Crippen LogP contribution in [0.15, 0.2) is 42.5 Å². The molecule has 0 aliphatic rings. The minimum absolute atomic E-state index is 0.186. The Kier molecular flexibility index (Phi) is 6.43. The third-order valence-electron chi connectivity index (χ3n) is 3.83. The van der Waals surface area contributed by atoms with Gasteiger partial charge < -0.3 is 24.8 Å². The number of carbonyl (C=O) groups excluding carboxylic acids is 2. The quantitative estimate of drug-likeness (QED) is 0.777. The van der Waals surface area contributed by atoms with Crippen molar-refractivity contribution < 1.29 is 23.8 Å². The van der Waals surface area contributed by atoms with E-state index in [0.29, 0.717) is 18.0 Å². The Morgan fingerprint density at radius 1 is 1.04 bits per heavy atom. The molecule has 0 aromatic heterocycles. The van der Waals surface area contributed by atoms with Crippen LogP contribution in [0.1, 0.15) is 15.9 Å². The van der Waals surface area contributed by atoms with Gasteiger partial charge in [-0.2, -0.15) is 0 Å². The summed E-state index contributed by atoms with van der Waals surface area (Å²) in [5.74, 6) is 0.513. The van der Waals surface area contributed by atoms with Crippen molar-refractivity contribution in [1.82, 2.24) is 4.90 Å². The topological polar surface area (TPSA) is 91.1 Å². The number of hydrogen-bond donors (Lipinski definition) is 1. The molecule has 0 radical (unpaired) electrons. The lowest BCUT2D eigenvalue weighted by Crippen LogP contribution is -2.31. The van der Waals surface area contributed by atoms with Crippen molar-refractivity contribution in [2.45, 2.75) is 6.54 Å². The van der Waals surface area contributed by atoms with Gasteiger partial charge in [0, 0.05) is 25.2 Å². The Labute approximate surface area is 152 Å². The van der Waals surface area contributed by atoms with Gasteiger partial charge in [-0.1, -0.05) is 18.2 Å². The van der Waals surface area contributed by atoms with Gasteiger partial charge in [-0.3, -0.25) is 9.59 Å². The molecule has 0 atom stereocenters. The SMILES string of the molecule is COc1ccc(C(N)=O)c(OCC(=O)N(C)Cc2ccccc2OC)c1. The van der Waals surface area contributed by atoms with E-state index in [1.807, 2.05) is 24.3 Å².